The SMILES string of the molecule is Cc1ccc(-c2cccnc2)cc1NC(=O)c1ccc(OCc2ccccn2)cc1. The van der Waals surface area contributed by atoms with Crippen LogP contribution in [0.1, 0.15) is 21.6 Å². The van der Waals surface area contributed by atoms with Crippen molar-refractivity contribution in [3.63, 3.8) is 0 Å². The van der Waals surface area contributed by atoms with Gasteiger partial charge in [-0.25, -0.2) is 0 Å². The molecule has 148 valence electrons. The number of carbonyl (C=O) groups excluding carboxylic acids is 1. The molecule has 2 aromatic heterocycles. The fraction of sp³-hybridized carbons (Fsp3) is 0.0800. The summed E-state index contributed by atoms with van der Waals surface area (Å²) in [6.45, 7) is 2.35. The largest absolute Gasteiger partial charge is 0.487 e. The van der Waals surface area contributed by atoms with Crippen LogP contribution >= 0.6 is 0 Å². The molecule has 1 N–H and O–H groups in total. The van der Waals surface area contributed by atoms with Gasteiger partial charge in [0.05, 0.1) is 5.69 Å². The van der Waals surface area contributed by atoms with Crippen LogP contribution in [0.2, 0.25) is 0 Å². The molecule has 2 heterocycles. The number of rotatable bonds is 6. The van der Waals surface area contributed by atoms with Gasteiger partial charge in [0.15, 0.2) is 0 Å². The van der Waals surface area contributed by atoms with Crippen LogP contribution in [0.4, 0.5) is 5.69 Å². The molecule has 0 aliphatic carbocycles. The Bertz CT molecular complexity index is 1130. The monoisotopic (exact) mass is 395 g/mol. The Kier molecular flexibility index (Phi) is 5.80. The Balaban J connectivity index is 1.44. The molecule has 30 heavy (non-hydrogen) atoms. The van der Waals surface area contributed by atoms with E-state index in [1.54, 1.807) is 42.9 Å². The third-order valence-corrected chi connectivity index (χ3v) is 4.71. The molecule has 0 bridgehead atoms. The van der Waals surface area contributed by atoms with Crippen molar-refractivity contribution in [2.75, 3.05) is 5.32 Å². The van der Waals surface area contributed by atoms with Crippen LogP contribution in [0, 0.1) is 6.92 Å². The van der Waals surface area contributed by atoms with Crippen molar-refractivity contribution < 1.29 is 9.53 Å². The van der Waals surface area contributed by atoms with Gasteiger partial charge in [-0.15, -0.1) is 0 Å². The lowest BCUT2D eigenvalue weighted by Gasteiger charge is -2.11. The van der Waals surface area contributed by atoms with E-state index in [2.05, 4.69) is 15.3 Å². The lowest BCUT2D eigenvalue weighted by atomic mass is 10.0. The quantitative estimate of drug-likeness (QED) is 0.482. The third kappa shape index (κ3) is 4.70. The number of amides is 1. The smallest absolute Gasteiger partial charge is 0.255 e. The third-order valence-electron chi connectivity index (χ3n) is 4.71. The fourth-order valence-electron chi connectivity index (χ4n) is 3.01. The molecule has 0 fully saturated rings. The number of carbonyl (C=O) groups is 1. The molecule has 0 aliphatic heterocycles. The van der Waals surface area contributed by atoms with Crippen LogP contribution in [-0.2, 0) is 6.61 Å². The van der Waals surface area contributed by atoms with Gasteiger partial charge >= 0.3 is 0 Å². The van der Waals surface area contributed by atoms with Crippen molar-refractivity contribution in [3.05, 3.63) is 108 Å². The molecule has 0 radical (unpaired) electrons. The van der Waals surface area contributed by atoms with E-state index in [0.29, 0.717) is 17.9 Å². The molecule has 0 aliphatic rings. The van der Waals surface area contributed by atoms with Crippen molar-refractivity contribution in [3.8, 4) is 16.9 Å². The highest BCUT2D eigenvalue weighted by Crippen LogP contribution is 2.25. The first-order chi connectivity index (χ1) is 14.7. The molecule has 0 unspecified atom stereocenters. The van der Waals surface area contributed by atoms with Gasteiger partial charge in [-0.3, -0.25) is 14.8 Å². The summed E-state index contributed by atoms with van der Waals surface area (Å²) in [4.78, 5) is 21.1. The zero-order valence-electron chi connectivity index (χ0n) is 16.6. The standard InChI is InChI=1S/C25H21N3O2/c1-18-7-8-20(21-5-4-13-26-16-21)15-24(18)28-25(29)19-9-11-23(12-10-19)30-17-22-6-2-3-14-27-22/h2-16H,17H2,1H3,(H,28,29). The highest BCUT2D eigenvalue weighted by Gasteiger charge is 2.10. The number of benzene rings is 2. The maximum atomic E-state index is 12.7. The van der Waals surface area contributed by atoms with E-state index in [1.807, 2.05) is 55.5 Å². The summed E-state index contributed by atoms with van der Waals surface area (Å²) < 4.78 is 5.73. The van der Waals surface area contributed by atoms with Gasteiger partial charge in [0, 0.05) is 35.4 Å². The molecule has 2 aromatic carbocycles. The van der Waals surface area contributed by atoms with Crippen molar-refractivity contribution in [2.24, 2.45) is 0 Å². The summed E-state index contributed by atoms with van der Waals surface area (Å²) in [6, 6.07) is 22.6. The van der Waals surface area contributed by atoms with E-state index in [4.69, 9.17) is 4.74 Å². The van der Waals surface area contributed by atoms with Crippen molar-refractivity contribution in [2.45, 2.75) is 13.5 Å². The number of nitrogens with zero attached hydrogens (tertiary/aromatic N) is 2. The van der Waals surface area contributed by atoms with E-state index >= 15 is 0 Å². The summed E-state index contributed by atoms with van der Waals surface area (Å²) in [5, 5.41) is 3.00. The van der Waals surface area contributed by atoms with Gasteiger partial charge in [0.2, 0.25) is 0 Å². The number of hydrogen-bond acceptors (Lipinski definition) is 4. The minimum Gasteiger partial charge on any atom is -0.487 e. The average Bonchev–Trinajstić information content (AvgIpc) is 2.81. The summed E-state index contributed by atoms with van der Waals surface area (Å²) in [7, 11) is 0. The number of anilines is 1. The Morgan fingerprint density at radius 1 is 0.933 bits per heavy atom. The second-order valence-corrected chi connectivity index (χ2v) is 6.86. The summed E-state index contributed by atoms with van der Waals surface area (Å²) >= 11 is 0. The Hall–Kier alpha value is -3.99. The highest BCUT2D eigenvalue weighted by molar-refractivity contribution is 6.05. The number of aromatic nitrogens is 2. The van der Waals surface area contributed by atoms with Gasteiger partial charge in [0.25, 0.3) is 5.91 Å². The van der Waals surface area contributed by atoms with E-state index in [9.17, 15) is 4.79 Å². The van der Waals surface area contributed by atoms with Crippen LogP contribution in [0.5, 0.6) is 5.75 Å². The van der Waals surface area contributed by atoms with E-state index in [-0.39, 0.29) is 5.91 Å². The Morgan fingerprint density at radius 2 is 1.80 bits per heavy atom. The predicted octanol–water partition coefficient (Wildman–Crippen LogP) is 5.28. The number of ether oxygens (including phenoxy) is 1. The highest BCUT2D eigenvalue weighted by atomic mass is 16.5. The molecule has 5 nitrogen and oxygen atoms in total. The second kappa shape index (κ2) is 9.01. The predicted molar refractivity (Wildman–Crippen MR) is 117 cm³/mol. The number of hydrogen-bond donors (Lipinski definition) is 1. The zero-order chi connectivity index (χ0) is 20.8. The molecule has 0 saturated carbocycles. The van der Waals surface area contributed by atoms with Crippen LogP contribution in [0.15, 0.2) is 91.4 Å². The molecular weight excluding hydrogens is 374 g/mol. The zero-order valence-corrected chi connectivity index (χ0v) is 16.6. The molecule has 0 saturated heterocycles. The number of aryl methyl sites for hydroxylation is 1. The van der Waals surface area contributed by atoms with Crippen molar-refractivity contribution in [1.82, 2.24) is 9.97 Å². The molecule has 1 amide bonds. The molecule has 0 atom stereocenters. The van der Waals surface area contributed by atoms with E-state index in [0.717, 1.165) is 28.1 Å². The lowest BCUT2D eigenvalue weighted by molar-refractivity contribution is 0.102. The minimum atomic E-state index is -0.169. The van der Waals surface area contributed by atoms with E-state index < -0.39 is 0 Å². The fourth-order valence-corrected chi connectivity index (χ4v) is 3.01. The first kappa shape index (κ1) is 19.3. The lowest BCUT2D eigenvalue weighted by Crippen LogP contribution is -2.12. The first-order valence-electron chi connectivity index (χ1n) is 9.64. The maximum absolute atomic E-state index is 12.7. The topological polar surface area (TPSA) is 64.1 Å². The normalized spacial score (nSPS) is 10.4. The Labute approximate surface area is 175 Å². The van der Waals surface area contributed by atoms with Crippen LogP contribution in [0.3, 0.4) is 0 Å². The van der Waals surface area contributed by atoms with Gasteiger partial charge in [-0.1, -0.05) is 24.3 Å². The molecule has 4 aromatic rings. The van der Waals surface area contributed by atoms with Crippen molar-refractivity contribution >= 4 is 11.6 Å². The summed E-state index contributed by atoms with van der Waals surface area (Å²) in [5.41, 5.74) is 5.18. The maximum Gasteiger partial charge on any atom is 0.255 e. The Morgan fingerprint density at radius 3 is 2.53 bits per heavy atom. The first-order valence-corrected chi connectivity index (χ1v) is 9.64. The second-order valence-electron chi connectivity index (χ2n) is 6.86. The van der Waals surface area contributed by atoms with E-state index in [1.165, 1.54) is 0 Å². The summed E-state index contributed by atoms with van der Waals surface area (Å²) in [6.07, 6.45) is 5.28. The van der Waals surface area contributed by atoms with Gasteiger partial charge in [-0.05, 0) is 66.6 Å². The van der Waals surface area contributed by atoms with Crippen LogP contribution in [0.25, 0.3) is 11.1 Å². The number of nitrogens with one attached hydrogen (secondary N) is 1. The summed E-state index contributed by atoms with van der Waals surface area (Å²) in [5.74, 6) is 0.518. The van der Waals surface area contributed by atoms with Gasteiger partial charge < -0.3 is 10.1 Å². The van der Waals surface area contributed by atoms with Gasteiger partial charge in [0.1, 0.15) is 12.4 Å². The molecule has 0 spiro atoms. The van der Waals surface area contributed by atoms with Crippen molar-refractivity contribution in [1.29, 1.82) is 0 Å². The van der Waals surface area contributed by atoms with Crippen LogP contribution < -0.4 is 10.1 Å². The molecule has 4 rings (SSSR count). The van der Waals surface area contributed by atoms with Crippen LogP contribution in [-0.4, -0.2) is 15.9 Å². The molecular formula is C25H21N3O2. The van der Waals surface area contributed by atoms with Gasteiger partial charge in [-0.2, -0.15) is 0 Å². The minimum absolute atomic E-state index is 0.169. The average molecular weight is 395 g/mol. The molecule has 5 heteroatoms. The number of pyridine rings is 2.